The van der Waals surface area contributed by atoms with Gasteiger partial charge in [0.25, 0.3) is 5.79 Å². The highest BCUT2D eigenvalue weighted by Crippen LogP contribution is 2.43. The minimum Gasteiger partial charge on any atom is -0.477 e. The summed E-state index contributed by atoms with van der Waals surface area (Å²) in [4.78, 5) is 90.8. The number of nitrogens with one attached hydrogen (secondary N) is 6. The number of rotatable bonds is 36. The molecule has 0 bridgehead atoms. The molecular formula is C75H124N6O53. The number of amides is 6. The van der Waals surface area contributed by atoms with Gasteiger partial charge in [0, 0.05) is 48.0 Å². The van der Waals surface area contributed by atoms with E-state index in [9.17, 15) is 171 Å². The summed E-state index contributed by atoms with van der Waals surface area (Å²) in [7, 11) is 0. The summed E-state index contributed by atoms with van der Waals surface area (Å²) in [5.41, 5.74) is 0. The lowest BCUT2D eigenvalue weighted by atomic mass is 9.88. The summed E-state index contributed by atoms with van der Waals surface area (Å²) in [6, 6.07) is -11.5. The van der Waals surface area contributed by atoms with Gasteiger partial charge in [-0.1, -0.05) is 0 Å². The number of carbonyl (C=O) groups excluding carboxylic acids is 6. The Kier molecular flexibility index (Phi) is 39.4. The van der Waals surface area contributed by atoms with Crippen molar-refractivity contribution >= 4 is 41.4 Å². The number of carboxylic acid groups (broad SMARTS) is 1. The molecule has 772 valence electrons. The minimum absolute atomic E-state index is 0.875. The molecule has 0 spiro atoms. The molecule has 6 amide bonds. The summed E-state index contributed by atoms with van der Waals surface area (Å²) in [6.45, 7) is -3.42. The van der Waals surface area contributed by atoms with Crippen molar-refractivity contribution < 1.29 is 261 Å². The second-order valence-corrected chi connectivity index (χ2v) is 33.9. The Bertz CT molecular complexity index is 3800. The molecule has 10 saturated heterocycles. The van der Waals surface area contributed by atoms with Crippen LogP contribution in [0.25, 0.3) is 0 Å². The molecule has 134 heavy (non-hydrogen) atoms. The quantitative estimate of drug-likeness (QED) is 0.0277. The Morgan fingerprint density at radius 3 is 1.09 bits per heavy atom. The molecule has 10 heterocycles. The van der Waals surface area contributed by atoms with Crippen LogP contribution in [0.2, 0.25) is 0 Å². The molecule has 0 aliphatic carbocycles. The van der Waals surface area contributed by atoms with E-state index < -0.39 is 420 Å². The SMILES string of the molecule is CC(=O)N[C@@H]1[C@@H](O[C@@H]2O[C@H](CO)[C@@H](O[C@@H]3O[C@H](CO)[C@H](O)[C@H](O[C@@H]4O[C@H](CO)[C@@H](O)[C@H](OC5(C(=O)O)C[C@H](O)[C@@H](NC(C)=O)[C@H]([C@H](O)[C@H](O)CO)O5)[C@H]4NC(C)=O)[C@H]3O)[C@H](O)[C@H]2NC(C)=O)[C@@H](O)[C@@H](CO[C@@H]2O[C@H](CO)[C@@H](O[C@@H]3O[C@H](CO)[C@H](O)[C@H](O[C@@H]4O[C@H](CO)[C@@H](O[C@@H]5O[C@H](CO)[C@H](O)[C@H](O)[C@H]5O[C@@H]5O[C@@H](C)[C@@H](O)[C@@H](O)[C@@H]5O)[C@H](O)[C@H]4NC(C)=O)[C@H]3O)[C@H](O)[C@H]2NC(C)=O)O[C@H]1O. The second-order valence-electron chi connectivity index (χ2n) is 33.9. The fourth-order valence-corrected chi connectivity index (χ4v) is 17.4. The number of hydrogen-bond donors (Lipinski definition) is 33. The summed E-state index contributed by atoms with van der Waals surface area (Å²) in [5, 5.41) is 316. The van der Waals surface area contributed by atoms with Crippen LogP contribution in [0, 0.1) is 0 Å². The Morgan fingerprint density at radius 1 is 0.321 bits per heavy atom. The molecule has 10 rings (SSSR count). The van der Waals surface area contributed by atoms with E-state index in [1.807, 2.05) is 0 Å². The second kappa shape index (κ2) is 47.8. The first-order chi connectivity index (χ1) is 63.2. The van der Waals surface area contributed by atoms with Gasteiger partial charge in [0.05, 0.1) is 77.7 Å². The third kappa shape index (κ3) is 24.6. The molecule has 0 saturated carbocycles. The summed E-state index contributed by atoms with van der Waals surface area (Å²) in [5.74, 6) is -11.1. The van der Waals surface area contributed by atoms with E-state index in [1.165, 1.54) is 6.92 Å². The fraction of sp³-hybridized carbons (Fsp3) is 0.907. The van der Waals surface area contributed by atoms with Crippen molar-refractivity contribution in [2.45, 2.75) is 367 Å². The number of hydrogen-bond acceptors (Lipinski definition) is 52. The van der Waals surface area contributed by atoms with E-state index in [4.69, 9.17) is 90.0 Å². The first kappa shape index (κ1) is 110. The highest BCUT2D eigenvalue weighted by Gasteiger charge is 2.64. The number of aliphatic carboxylic acids is 1. The summed E-state index contributed by atoms with van der Waals surface area (Å²) in [6.07, 6.45) is -92.4. The van der Waals surface area contributed by atoms with Crippen LogP contribution in [-0.4, -0.2) is 551 Å². The van der Waals surface area contributed by atoms with E-state index in [-0.39, 0.29) is 0 Å². The Morgan fingerprint density at radius 2 is 0.657 bits per heavy atom. The molecule has 0 radical (unpaired) electrons. The smallest absolute Gasteiger partial charge is 0.364 e. The molecule has 0 aromatic rings. The van der Waals surface area contributed by atoms with Gasteiger partial charge in [0.1, 0.15) is 232 Å². The zero-order valence-electron chi connectivity index (χ0n) is 72.6. The standard InChI is InChI=1S/C75H124N6O53/c1-18-41(98)51(108)53(110)70(117-18)132-64-52(109)43(100)27(10-83)122-73(64)128-58-33(16-89)125-68(38(50(58)107)79-22(5)93)130-62-45(102)29(12-85)120-71(54(62)111)126-56-31(14-87)123-66(36(48(56)105)77-20(3)91)116-17-34-47(104)59(39(65(113)118-34)80-23(6)94)129-67-37(78-21(4)92)49(106)57(32(15-88)124-67)127-72-55(112)63(46(103)30(13-86)121-72)131-69-40(81-24(7)95)61(44(101)28(11-84)119-69)134-75(74(114)115)8-25(96)35(76-19(2)90)60(133-75)42(99)26(97)9-82/h18,25-73,82-89,96-113H,8-17H2,1-7H3,(H,76,90)(H,77,91)(H,78,92)(H,79,93)(H,80,94)(H,81,95)(H,114,115)/t18-,25-,26+,27+,28+,29+,30+,31+,32+,33+,34+,35+,36+,37+,38+,39+,40+,41+,42+,43-,44+,45-,46-,47-,48+,49+,50+,51+,52-,53-,54+,55+,56+,57+,58+,59+,60+,61+,62-,63-,64+,65+,66+,67-,68-,69-,70-,71-,72-,73-,75?/m0/s1. The molecule has 33 N–H and O–H groups in total. The molecule has 51 atom stereocenters. The van der Waals surface area contributed by atoms with Crippen LogP contribution >= 0.6 is 0 Å². The van der Waals surface area contributed by atoms with Gasteiger partial charge in [0.15, 0.2) is 56.6 Å². The van der Waals surface area contributed by atoms with Crippen LogP contribution in [0.3, 0.4) is 0 Å². The lowest BCUT2D eigenvalue weighted by Crippen LogP contribution is -2.72. The Hall–Kier alpha value is -5.51. The van der Waals surface area contributed by atoms with Crippen molar-refractivity contribution in [3.05, 3.63) is 0 Å². The normalized spacial score (nSPS) is 46.7. The van der Waals surface area contributed by atoms with Crippen molar-refractivity contribution in [2.24, 2.45) is 0 Å². The van der Waals surface area contributed by atoms with Gasteiger partial charge in [-0.05, 0) is 6.92 Å². The lowest BCUT2D eigenvalue weighted by molar-refractivity contribution is -0.390. The average Bonchev–Trinajstić information content (AvgIpc) is 0.750. The van der Waals surface area contributed by atoms with Gasteiger partial charge < -0.3 is 260 Å². The van der Waals surface area contributed by atoms with Crippen molar-refractivity contribution in [1.82, 2.24) is 31.9 Å². The predicted octanol–water partition coefficient (Wildman–Crippen LogP) is -21.7. The lowest BCUT2D eigenvalue weighted by Gasteiger charge is -2.52. The van der Waals surface area contributed by atoms with Crippen LogP contribution in [0.15, 0.2) is 0 Å². The number of carbonyl (C=O) groups is 7. The van der Waals surface area contributed by atoms with Gasteiger partial charge >= 0.3 is 5.97 Å². The van der Waals surface area contributed by atoms with Crippen LogP contribution in [0.1, 0.15) is 54.9 Å². The van der Waals surface area contributed by atoms with Crippen molar-refractivity contribution in [2.75, 3.05) is 59.5 Å². The molecule has 10 aliphatic heterocycles. The first-order valence-corrected chi connectivity index (χ1v) is 42.6. The molecule has 59 heteroatoms. The summed E-state index contributed by atoms with van der Waals surface area (Å²) >= 11 is 0. The molecule has 59 nitrogen and oxygen atoms in total. The molecule has 0 aromatic carbocycles. The molecule has 10 fully saturated rings. The maximum Gasteiger partial charge on any atom is 0.364 e. The number of aliphatic hydroxyl groups is 26. The average molecular weight is 1960 g/mol. The maximum absolute atomic E-state index is 13.4. The summed E-state index contributed by atoms with van der Waals surface area (Å²) < 4.78 is 112. The van der Waals surface area contributed by atoms with Crippen LogP contribution < -0.4 is 31.9 Å². The largest absolute Gasteiger partial charge is 0.477 e. The van der Waals surface area contributed by atoms with Crippen LogP contribution in [0.4, 0.5) is 0 Å². The highest BCUT2D eigenvalue weighted by molar-refractivity contribution is 5.77. The van der Waals surface area contributed by atoms with Gasteiger partial charge in [-0.25, -0.2) is 4.79 Å². The fourth-order valence-electron chi connectivity index (χ4n) is 17.4. The van der Waals surface area contributed by atoms with E-state index in [1.54, 1.807) is 0 Å². The molecule has 0 aromatic heterocycles. The van der Waals surface area contributed by atoms with E-state index >= 15 is 0 Å². The van der Waals surface area contributed by atoms with E-state index in [2.05, 4.69) is 31.9 Å². The van der Waals surface area contributed by atoms with E-state index in [0.717, 1.165) is 41.5 Å². The minimum atomic E-state index is -3.29. The van der Waals surface area contributed by atoms with Crippen LogP contribution in [-0.2, 0) is 124 Å². The van der Waals surface area contributed by atoms with Crippen molar-refractivity contribution in [3.63, 3.8) is 0 Å². The van der Waals surface area contributed by atoms with Crippen LogP contribution in [0.5, 0.6) is 0 Å². The van der Waals surface area contributed by atoms with Crippen molar-refractivity contribution in [1.29, 1.82) is 0 Å². The molecule has 1 unspecified atom stereocenters. The van der Waals surface area contributed by atoms with E-state index in [0.29, 0.717) is 0 Å². The Balaban J connectivity index is 0.839. The van der Waals surface area contributed by atoms with Crippen molar-refractivity contribution in [3.8, 4) is 0 Å². The Labute approximate surface area is 759 Å². The zero-order valence-corrected chi connectivity index (χ0v) is 72.6. The van der Waals surface area contributed by atoms with Gasteiger partial charge in [-0.2, -0.15) is 0 Å². The predicted molar refractivity (Wildman–Crippen MR) is 415 cm³/mol. The third-order valence-corrected chi connectivity index (χ3v) is 24.2. The van der Waals surface area contributed by atoms with Gasteiger partial charge in [0.2, 0.25) is 35.4 Å². The number of carboxylic acids is 1. The highest BCUT2D eigenvalue weighted by atomic mass is 16.8. The van der Waals surface area contributed by atoms with Gasteiger partial charge in [-0.3, -0.25) is 28.8 Å². The number of ether oxygens (including phenoxy) is 19. The third-order valence-electron chi connectivity index (χ3n) is 24.2. The number of aliphatic hydroxyl groups excluding tert-OH is 26. The topological polar surface area (TPSA) is 913 Å². The molecular weight excluding hydrogens is 1830 g/mol. The first-order valence-electron chi connectivity index (χ1n) is 42.6. The van der Waals surface area contributed by atoms with Gasteiger partial charge in [-0.15, -0.1) is 0 Å². The monoisotopic (exact) mass is 1960 g/mol. The molecule has 10 aliphatic rings. The zero-order chi connectivity index (χ0) is 99.2. The maximum atomic E-state index is 13.4.